The van der Waals surface area contributed by atoms with Gasteiger partial charge in [0.2, 0.25) is 0 Å². The van der Waals surface area contributed by atoms with E-state index in [1.165, 1.54) is 11.1 Å². The summed E-state index contributed by atoms with van der Waals surface area (Å²) in [5.41, 5.74) is 2.15. The van der Waals surface area contributed by atoms with E-state index < -0.39 is 24.1 Å². The molecule has 1 aromatic rings. The number of halogens is 1. The van der Waals surface area contributed by atoms with Crippen molar-refractivity contribution in [1.29, 1.82) is 0 Å². The minimum Gasteiger partial charge on any atom is -0.481 e. The van der Waals surface area contributed by atoms with Gasteiger partial charge >= 0.3 is 11.9 Å². The Bertz CT molecular complexity index is 1770. The minimum atomic E-state index is -0.748. The quantitative estimate of drug-likeness (QED) is 0.124. The van der Waals surface area contributed by atoms with Crippen molar-refractivity contribution in [1.82, 2.24) is 0 Å². The molecule has 0 heterocycles. The Kier molecular flexibility index (Phi) is 16.1. The molecule has 9 rings (SSSR count). The van der Waals surface area contributed by atoms with Gasteiger partial charge in [0.1, 0.15) is 0 Å². The van der Waals surface area contributed by atoms with Crippen LogP contribution in [0, 0.1) is 107 Å². The average Bonchev–Trinajstić information content (AvgIpc) is 3.82. The van der Waals surface area contributed by atoms with Crippen LogP contribution >= 0.6 is 11.6 Å². The standard InChI is InChI=1S/2C24H40O5.C8H9Cl/c2*1-13(4-7-21(28)29)16-5-6-17-22-18(12-20(27)24(16,17)3)23(2)9-8-15(25)10-14(23)11-19(22)26;1-6-4-3-5-8(9)7(6)2/h2*13-20,22,25-27H,4-12H2,1-3H3,(H,28,29);3-5H,1-2H3/t2*13-,14+,15-,16-,17+,18+,19-,20+,22+,23+,24-;/m11./s1. The van der Waals surface area contributed by atoms with Gasteiger partial charge in [0.15, 0.2) is 0 Å². The predicted octanol–water partition coefficient (Wildman–Crippen LogP) is 9.85. The second-order valence-corrected chi connectivity index (χ2v) is 25.5. The number of carboxylic acid groups (broad SMARTS) is 2. The Labute approximate surface area is 407 Å². The molecule has 8 fully saturated rings. The van der Waals surface area contributed by atoms with E-state index in [9.17, 15) is 40.2 Å². The van der Waals surface area contributed by atoms with Crippen molar-refractivity contribution in [3.63, 3.8) is 0 Å². The van der Waals surface area contributed by atoms with E-state index in [0.717, 1.165) is 94.9 Å². The zero-order valence-electron chi connectivity index (χ0n) is 42.1. The lowest BCUT2D eigenvalue weighted by atomic mass is 9.43. The molecule has 67 heavy (non-hydrogen) atoms. The van der Waals surface area contributed by atoms with Crippen LogP contribution in [0.25, 0.3) is 0 Å². The second kappa shape index (κ2) is 20.4. The maximum absolute atomic E-state index is 11.5. The van der Waals surface area contributed by atoms with Crippen molar-refractivity contribution < 1.29 is 50.4 Å². The summed E-state index contributed by atoms with van der Waals surface area (Å²) in [4.78, 5) is 22.1. The third-order valence-corrected chi connectivity index (χ3v) is 22.6. The van der Waals surface area contributed by atoms with Gasteiger partial charge in [-0.1, -0.05) is 65.3 Å². The first-order valence-corrected chi connectivity index (χ1v) is 27.0. The van der Waals surface area contributed by atoms with Gasteiger partial charge in [-0.25, -0.2) is 0 Å². The van der Waals surface area contributed by atoms with E-state index >= 15 is 0 Å². The lowest BCUT2D eigenvalue weighted by molar-refractivity contribution is -0.207. The first-order valence-electron chi connectivity index (χ1n) is 26.6. The van der Waals surface area contributed by atoms with E-state index in [-0.39, 0.29) is 82.6 Å². The van der Waals surface area contributed by atoms with E-state index in [1.807, 2.05) is 19.1 Å². The lowest BCUT2D eigenvalue weighted by Gasteiger charge is -2.63. The Morgan fingerprint density at radius 3 is 1.36 bits per heavy atom. The van der Waals surface area contributed by atoms with Gasteiger partial charge in [0.05, 0.1) is 36.6 Å². The fraction of sp³-hybridized carbons (Fsp3) is 0.857. The lowest BCUT2D eigenvalue weighted by Crippen LogP contribution is -2.62. The molecule has 0 saturated heterocycles. The van der Waals surface area contributed by atoms with Gasteiger partial charge in [-0.3, -0.25) is 9.59 Å². The highest BCUT2D eigenvalue weighted by atomic mass is 35.5. The topological polar surface area (TPSA) is 196 Å². The number of fused-ring (bicyclic) bond motifs is 10. The molecule has 0 radical (unpaired) electrons. The number of carboxylic acids is 2. The molecule has 8 N–H and O–H groups in total. The summed E-state index contributed by atoms with van der Waals surface area (Å²) in [6, 6.07) is 5.93. The molecular weight excluding hydrogens is 868 g/mol. The van der Waals surface area contributed by atoms with Crippen LogP contribution in [0.3, 0.4) is 0 Å². The summed E-state index contributed by atoms with van der Waals surface area (Å²) in [6.07, 6.45) is 12.0. The smallest absolute Gasteiger partial charge is 0.303 e. The summed E-state index contributed by atoms with van der Waals surface area (Å²) in [5.74, 6) is 1.99. The van der Waals surface area contributed by atoms with Crippen LogP contribution in [0.5, 0.6) is 0 Å². The Morgan fingerprint density at radius 2 is 1.00 bits per heavy atom. The number of benzene rings is 1. The molecule has 380 valence electrons. The van der Waals surface area contributed by atoms with Crippen molar-refractivity contribution in [2.75, 3.05) is 0 Å². The monoisotopic (exact) mass is 957 g/mol. The molecule has 0 aliphatic heterocycles. The SMILES string of the molecule is C[C@H](CCC(=O)O)[C@H]1CC[C@H]2[C@@H]3[C@H](O)C[C@@H]4C[C@H](O)CC[C@]4(C)[C@H]3C[C@H](O)[C@]12C.C[C@H](CCC(=O)O)[C@H]1CC[C@H]2[C@@H]3[C@H](O)C[C@@H]4C[C@H](O)CC[C@]4(C)[C@H]3C[C@H](O)[C@]12C.Cc1cccc(Cl)c1C. The zero-order valence-corrected chi connectivity index (χ0v) is 42.9. The number of aryl methyl sites for hydroxylation is 1. The second-order valence-electron chi connectivity index (χ2n) is 25.1. The third kappa shape index (κ3) is 9.68. The Hall–Kier alpha value is -1.79. The molecule has 0 bridgehead atoms. The van der Waals surface area contributed by atoms with Crippen molar-refractivity contribution >= 4 is 23.5 Å². The number of aliphatic hydroxyl groups is 6. The fourth-order valence-corrected chi connectivity index (χ4v) is 18.3. The largest absolute Gasteiger partial charge is 0.481 e. The number of aliphatic carboxylic acids is 2. The summed E-state index contributed by atoms with van der Waals surface area (Å²) in [5, 5.41) is 84.9. The van der Waals surface area contributed by atoms with E-state index in [4.69, 9.17) is 21.8 Å². The molecule has 8 saturated carbocycles. The number of aliphatic hydroxyl groups excluding tert-OH is 6. The Balaban J connectivity index is 0.000000168. The highest BCUT2D eigenvalue weighted by molar-refractivity contribution is 6.31. The van der Waals surface area contributed by atoms with Gasteiger partial charge in [-0.05, 0) is 226 Å². The van der Waals surface area contributed by atoms with Crippen molar-refractivity contribution in [2.45, 2.75) is 208 Å². The fourth-order valence-electron chi connectivity index (χ4n) is 18.1. The van der Waals surface area contributed by atoms with Crippen LogP contribution in [-0.2, 0) is 9.59 Å². The van der Waals surface area contributed by atoms with Crippen LogP contribution in [0.4, 0.5) is 0 Å². The van der Waals surface area contributed by atoms with Gasteiger partial charge < -0.3 is 40.9 Å². The summed E-state index contributed by atoms with van der Waals surface area (Å²) in [7, 11) is 0. The van der Waals surface area contributed by atoms with E-state index in [1.54, 1.807) is 0 Å². The highest BCUT2D eigenvalue weighted by Crippen LogP contribution is 2.70. The molecule has 22 atom stereocenters. The zero-order chi connectivity index (χ0) is 49.1. The van der Waals surface area contributed by atoms with Gasteiger partial charge in [0, 0.05) is 17.9 Å². The van der Waals surface area contributed by atoms with Crippen LogP contribution in [0.2, 0.25) is 5.02 Å². The molecule has 0 aromatic heterocycles. The number of rotatable bonds is 8. The van der Waals surface area contributed by atoms with E-state index in [2.05, 4.69) is 54.5 Å². The van der Waals surface area contributed by atoms with Crippen LogP contribution < -0.4 is 0 Å². The molecule has 11 heteroatoms. The third-order valence-electron chi connectivity index (χ3n) is 22.2. The molecule has 1 aromatic carbocycles. The molecular formula is C56H89ClO10. The molecule has 8 aliphatic carbocycles. The molecule has 10 nitrogen and oxygen atoms in total. The molecule has 0 unspecified atom stereocenters. The molecule has 0 amide bonds. The maximum Gasteiger partial charge on any atom is 0.303 e. The minimum absolute atomic E-state index is 0.0957. The first-order chi connectivity index (χ1) is 31.4. The van der Waals surface area contributed by atoms with Gasteiger partial charge in [0.25, 0.3) is 0 Å². The van der Waals surface area contributed by atoms with Crippen molar-refractivity contribution in [3.05, 3.63) is 34.3 Å². The van der Waals surface area contributed by atoms with E-state index in [0.29, 0.717) is 60.2 Å². The molecule has 8 aliphatic rings. The van der Waals surface area contributed by atoms with Crippen molar-refractivity contribution in [3.8, 4) is 0 Å². The van der Waals surface area contributed by atoms with Crippen LogP contribution in [-0.4, -0.2) is 89.4 Å². The first kappa shape index (κ1) is 53.0. The summed E-state index contributed by atoms with van der Waals surface area (Å²) >= 11 is 5.81. The highest BCUT2D eigenvalue weighted by Gasteiger charge is 2.67. The van der Waals surface area contributed by atoms with Crippen LogP contribution in [0.1, 0.15) is 168 Å². The van der Waals surface area contributed by atoms with Gasteiger partial charge in [-0.15, -0.1) is 0 Å². The predicted molar refractivity (Wildman–Crippen MR) is 261 cm³/mol. The van der Waals surface area contributed by atoms with Gasteiger partial charge in [-0.2, -0.15) is 0 Å². The number of carbonyl (C=O) groups is 2. The maximum atomic E-state index is 11.5. The number of hydrogen-bond donors (Lipinski definition) is 8. The average molecular weight is 958 g/mol. The Morgan fingerprint density at radius 1 is 0.597 bits per heavy atom. The summed E-state index contributed by atoms with van der Waals surface area (Å²) in [6.45, 7) is 17.5. The van der Waals surface area contributed by atoms with Crippen molar-refractivity contribution in [2.24, 2.45) is 92.7 Å². The van der Waals surface area contributed by atoms with Crippen LogP contribution in [0.15, 0.2) is 18.2 Å². The normalized spacial score (nSPS) is 47.1. The molecule has 0 spiro atoms. The number of hydrogen-bond acceptors (Lipinski definition) is 8. The summed E-state index contributed by atoms with van der Waals surface area (Å²) < 4.78 is 0.